The third-order valence-corrected chi connectivity index (χ3v) is 4.12. The highest BCUT2D eigenvalue weighted by atomic mass is 16.3. The van der Waals surface area contributed by atoms with E-state index in [1.807, 2.05) is 19.9 Å². The van der Waals surface area contributed by atoms with Gasteiger partial charge in [-0.15, -0.1) is 0 Å². The van der Waals surface area contributed by atoms with Crippen molar-refractivity contribution in [3.8, 4) is 0 Å². The number of fused-ring (bicyclic) bond motifs is 1. The van der Waals surface area contributed by atoms with E-state index in [1.165, 1.54) is 0 Å². The number of rotatable bonds is 7. The molecule has 6 heteroatoms. The summed E-state index contributed by atoms with van der Waals surface area (Å²) in [6.45, 7) is 3.93. The maximum Gasteiger partial charge on any atom is 0.258 e. The van der Waals surface area contributed by atoms with Gasteiger partial charge in [-0.05, 0) is 18.1 Å². The number of benzene rings is 1. The second-order valence-electron chi connectivity index (χ2n) is 5.77. The number of carbonyl (C=O) groups excluding carboxylic acids is 1. The smallest absolute Gasteiger partial charge is 0.258 e. The van der Waals surface area contributed by atoms with Gasteiger partial charge in [0.15, 0.2) is 0 Å². The van der Waals surface area contributed by atoms with Crippen molar-refractivity contribution in [3.05, 3.63) is 40.4 Å². The van der Waals surface area contributed by atoms with Gasteiger partial charge in [0.25, 0.3) is 5.56 Å². The monoisotopic (exact) mass is 317 g/mol. The minimum Gasteiger partial charge on any atom is -0.394 e. The van der Waals surface area contributed by atoms with Crippen molar-refractivity contribution < 1.29 is 9.90 Å². The number of aryl methyl sites for hydroxylation is 1. The number of para-hydroxylation sites is 1. The largest absolute Gasteiger partial charge is 0.394 e. The minimum absolute atomic E-state index is 0.0776. The number of aromatic nitrogens is 2. The van der Waals surface area contributed by atoms with Gasteiger partial charge in [0.05, 0.1) is 23.6 Å². The van der Waals surface area contributed by atoms with E-state index in [4.69, 9.17) is 0 Å². The summed E-state index contributed by atoms with van der Waals surface area (Å²) in [5.74, 6) is 0.552. The maximum atomic E-state index is 12.0. The van der Waals surface area contributed by atoms with E-state index in [1.54, 1.807) is 18.2 Å². The third kappa shape index (κ3) is 4.39. The van der Waals surface area contributed by atoms with Crippen LogP contribution in [0.3, 0.4) is 0 Å². The minimum atomic E-state index is -0.240. The van der Waals surface area contributed by atoms with Crippen molar-refractivity contribution in [3.63, 3.8) is 0 Å². The van der Waals surface area contributed by atoms with Crippen LogP contribution in [0.4, 0.5) is 0 Å². The van der Waals surface area contributed by atoms with E-state index in [-0.39, 0.29) is 36.5 Å². The van der Waals surface area contributed by atoms with E-state index >= 15 is 0 Å². The fraction of sp³-hybridized carbons (Fsp3) is 0.471. The van der Waals surface area contributed by atoms with Crippen molar-refractivity contribution >= 4 is 16.8 Å². The van der Waals surface area contributed by atoms with Crippen LogP contribution in [0.5, 0.6) is 0 Å². The van der Waals surface area contributed by atoms with Gasteiger partial charge in [0, 0.05) is 12.8 Å². The molecule has 0 bridgehead atoms. The highest BCUT2D eigenvalue weighted by Gasteiger charge is 2.17. The molecule has 1 aromatic carbocycles. The fourth-order valence-corrected chi connectivity index (χ4v) is 2.42. The molecule has 2 atom stereocenters. The maximum absolute atomic E-state index is 12.0. The highest BCUT2D eigenvalue weighted by molar-refractivity contribution is 5.78. The number of H-pyrrole nitrogens is 1. The van der Waals surface area contributed by atoms with Gasteiger partial charge in [-0.3, -0.25) is 9.59 Å². The summed E-state index contributed by atoms with van der Waals surface area (Å²) in [6.07, 6.45) is 1.45. The van der Waals surface area contributed by atoms with Gasteiger partial charge in [-0.2, -0.15) is 0 Å². The molecule has 0 saturated heterocycles. The number of amides is 1. The Balaban J connectivity index is 2.00. The summed E-state index contributed by atoms with van der Waals surface area (Å²) < 4.78 is 0. The van der Waals surface area contributed by atoms with Gasteiger partial charge < -0.3 is 15.4 Å². The Labute approximate surface area is 135 Å². The Kier molecular flexibility index (Phi) is 5.87. The van der Waals surface area contributed by atoms with E-state index < -0.39 is 0 Å². The van der Waals surface area contributed by atoms with Crippen LogP contribution in [0.25, 0.3) is 10.9 Å². The van der Waals surface area contributed by atoms with Gasteiger partial charge in [-0.25, -0.2) is 4.98 Å². The molecule has 3 N–H and O–H groups in total. The first-order valence-electron chi connectivity index (χ1n) is 7.93. The lowest BCUT2D eigenvalue weighted by atomic mass is 10.00. The molecule has 0 fully saturated rings. The van der Waals surface area contributed by atoms with Crippen LogP contribution in [-0.4, -0.2) is 33.6 Å². The molecule has 1 heterocycles. The number of aliphatic hydroxyl groups excluding tert-OH is 1. The summed E-state index contributed by atoms with van der Waals surface area (Å²) in [5.41, 5.74) is 0.429. The summed E-state index contributed by atoms with van der Waals surface area (Å²) in [6, 6.07) is 6.87. The molecule has 2 aromatic rings. The van der Waals surface area contributed by atoms with Gasteiger partial charge in [-0.1, -0.05) is 32.4 Å². The van der Waals surface area contributed by atoms with E-state index in [0.717, 1.165) is 6.42 Å². The lowest BCUT2D eigenvalue weighted by Crippen LogP contribution is -2.42. The molecular formula is C17H23N3O3. The average molecular weight is 317 g/mol. The molecule has 1 amide bonds. The molecule has 0 saturated carbocycles. The molecule has 23 heavy (non-hydrogen) atoms. The molecule has 0 unspecified atom stereocenters. The van der Waals surface area contributed by atoms with E-state index in [2.05, 4.69) is 15.3 Å². The Hall–Kier alpha value is -2.21. The Morgan fingerprint density at radius 1 is 1.39 bits per heavy atom. The number of carbonyl (C=O) groups is 1. The Morgan fingerprint density at radius 2 is 2.13 bits per heavy atom. The van der Waals surface area contributed by atoms with Crippen molar-refractivity contribution in [2.45, 2.75) is 39.2 Å². The van der Waals surface area contributed by atoms with Crippen LogP contribution < -0.4 is 10.9 Å². The first kappa shape index (κ1) is 17.1. The zero-order valence-electron chi connectivity index (χ0n) is 13.5. The SMILES string of the molecule is CC[C@H](C)[C@@H](CO)NC(=O)CCc1nc2ccccc2c(=O)[nH]1. The third-order valence-electron chi connectivity index (χ3n) is 4.12. The number of nitrogens with zero attached hydrogens (tertiary/aromatic N) is 1. The second kappa shape index (κ2) is 7.87. The van der Waals surface area contributed by atoms with Crippen molar-refractivity contribution in [2.75, 3.05) is 6.61 Å². The summed E-state index contributed by atoms with van der Waals surface area (Å²) in [7, 11) is 0. The molecule has 0 aliphatic carbocycles. The first-order chi connectivity index (χ1) is 11.0. The fourth-order valence-electron chi connectivity index (χ4n) is 2.42. The summed E-state index contributed by atoms with van der Waals surface area (Å²) >= 11 is 0. The standard InChI is InChI=1S/C17H23N3O3/c1-3-11(2)14(10-21)19-16(22)9-8-15-18-13-7-5-4-6-12(13)17(23)20-15/h4-7,11,14,21H,3,8-10H2,1-2H3,(H,19,22)(H,18,20,23)/t11-,14+/m0/s1. The zero-order valence-corrected chi connectivity index (χ0v) is 13.5. The van der Waals surface area contributed by atoms with Crippen molar-refractivity contribution in [1.82, 2.24) is 15.3 Å². The zero-order chi connectivity index (χ0) is 16.8. The first-order valence-corrected chi connectivity index (χ1v) is 7.93. The second-order valence-corrected chi connectivity index (χ2v) is 5.77. The van der Waals surface area contributed by atoms with Gasteiger partial charge in [0.1, 0.15) is 5.82 Å². The Morgan fingerprint density at radius 3 is 2.83 bits per heavy atom. The highest BCUT2D eigenvalue weighted by Crippen LogP contribution is 2.09. The van der Waals surface area contributed by atoms with Gasteiger partial charge in [0.2, 0.25) is 5.91 Å². The van der Waals surface area contributed by atoms with Crippen LogP contribution in [-0.2, 0) is 11.2 Å². The van der Waals surface area contributed by atoms with Crippen LogP contribution in [0.15, 0.2) is 29.1 Å². The van der Waals surface area contributed by atoms with Crippen LogP contribution in [0.1, 0.15) is 32.5 Å². The molecular weight excluding hydrogens is 294 g/mol. The lowest BCUT2D eigenvalue weighted by molar-refractivity contribution is -0.122. The molecule has 0 radical (unpaired) electrons. The van der Waals surface area contributed by atoms with Crippen molar-refractivity contribution in [1.29, 1.82) is 0 Å². The molecule has 0 spiro atoms. The number of hydrogen-bond donors (Lipinski definition) is 3. The van der Waals surface area contributed by atoms with Crippen LogP contribution >= 0.6 is 0 Å². The van der Waals surface area contributed by atoms with Crippen LogP contribution in [0.2, 0.25) is 0 Å². The molecule has 6 nitrogen and oxygen atoms in total. The quantitative estimate of drug-likeness (QED) is 0.719. The van der Waals surface area contributed by atoms with Crippen molar-refractivity contribution in [2.24, 2.45) is 5.92 Å². The normalized spacial score (nSPS) is 13.7. The topological polar surface area (TPSA) is 95.1 Å². The lowest BCUT2D eigenvalue weighted by Gasteiger charge is -2.22. The van der Waals surface area contributed by atoms with E-state index in [0.29, 0.717) is 23.1 Å². The number of hydrogen-bond acceptors (Lipinski definition) is 4. The predicted octanol–water partition coefficient (Wildman–Crippen LogP) is 1.38. The number of aromatic amines is 1. The van der Waals surface area contributed by atoms with Gasteiger partial charge >= 0.3 is 0 Å². The number of aliphatic hydroxyl groups is 1. The molecule has 0 aliphatic rings. The molecule has 1 aromatic heterocycles. The molecule has 124 valence electrons. The predicted molar refractivity (Wildman–Crippen MR) is 89.2 cm³/mol. The summed E-state index contributed by atoms with van der Waals surface area (Å²) in [4.78, 5) is 31.1. The average Bonchev–Trinajstić information content (AvgIpc) is 2.57. The van der Waals surface area contributed by atoms with Crippen LogP contribution in [0, 0.1) is 5.92 Å². The summed E-state index contributed by atoms with van der Waals surface area (Å²) in [5, 5.41) is 12.7. The Bertz CT molecular complexity index is 726. The van der Waals surface area contributed by atoms with E-state index in [9.17, 15) is 14.7 Å². The molecule has 0 aliphatic heterocycles. The molecule has 2 rings (SSSR count). The number of nitrogens with one attached hydrogen (secondary N) is 2.